The Morgan fingerprint density at radius 1 is 1.47 bits per heavy atom. The first-order chi connectivity index (χ1) is 7.16. The first-order valence-electron chi connectivity index (χ1n) is 4.75. The number of carbonyl (C=O) groups excluding carboxylic acids is 1. The summed E-state index contributed by atoms with van der Waals surface area (Å²) in [6.45, 7) is 2.24. The topological polar surface area (TPSA) is 29.5 Å². The maximum atomic E-state index is 13.3. The lowest BCUT2D eigenvalue weighted by molar-refractivity contribution is -0.122. The number of anilines is 1. The molecule has 0 aromatic heterocycles. The molecule has 15 heavy (non-hydrogen) atoms. The van der Waals surface area contributed by atoms with Crippen LogP contribution in [0.5, 0.6) is 0 Å². The number of hydrogen-bond acceptors (Lipinski definition) is 2. The van der Waals surface area contributed by atoms with E-state index >= 15 is 0 Å². The van der Waals surface area contributed by atoms with Gasteiger partial charge in [-0.25, -0.2) is 4.39 Å². The molecule has 0 aliphatic carbocycles. The second kappa shape index (κ2) is 5.46. The molecule has 0 saturated heterocycles. The van der Waals surface area contributed by atoms with Gasteiger partial charge in [0.2, 0.25) is 0 Å². The fourth-order valence-corrected chi connectivity index (χ4v) is 1.14. The number of rotatable bonds is 4. The minimum absolute atomic E-state index is 0.0265. The van der Waals surface area contributed by atoms with Gasteiger partial charge in [0.25, 0.3) is 5.91 Å². The van der Waals surface area contributed by atoms with Gasteiger partial charge in [0.05, 0.1) is 5.69 Å². The van der Waals surface area contributed by atoms with E-state index in [1.165, 1.54) is 18.0 Å². The Balaban J connectivity index is 2.72. The minimum Gasteiger partial charge on any atom is -0.372 e. The number of likely N-dealkylation sites (N-methyl/N-ethyl adjacent to an activating group) is 1. The molecule has 0 N–H and O–H groups in total. The number of benzene rings is 1. The van der Waals surface area contributed by atoms with E-state index in [-0.39, 0.29) is 18.2 Å². The number of ether oxygens (including phenoxy) is 1. The summed E-state index contributed by atoms with van der Waals surface area (Å²) >= 11 is 0. The third-order valence-electron chi connectivity index (χ3n) is 2.02. The molecule has 0 unspecified atom stereocenters. The van der Waals surface area contributed by atoms with Crippen molar-refractivity contribution in [3.8, 4) is 0 Å². The molecule has 1 aromatic carbocycles. The molecule has 1 aromatic rings. The maximum Gasteiger partial charge on any atom is 0.252 e. The third-order valence-corrected chi connectivity index (χ3v) is 2.02. The highest BCUT2D eigenvalue weighted by Gasteiger charge is 2.13. The Bertz CT molecular complexity index is 341. The number of carbonyl (C=O) groups is 1. The third kappa shape index (κ3) is 3.02. The van der Waals surface area contributed by atoms with E-state index in [2.05, 4.69) is 0 Å². The standard InChI is InChI=1S/C11H14FNO2/c1-3-15-8-11(14)13(2)10-7-5-4-6-9(10)12/h4-7H,3,8H2,1-2H3. The van der Waals surface area contributed by atoms with Crippen LogP contribution in [0.2, 0.25) is 0 Å². The van der Waals surface area contributed by atoms with Gasteiger partial charge in [-0.3, -0.25) is 4.79 Å². The normalized spacial score (nSPS) is 10.1. The summed E-state index contributed by atoms with van der Waals surface area (Å²) in [7, 11) is 1.53. The van der Waals surface area contributed by atoms with Gasteiger partial charge in [0.15, 0.2) is 0 Å². The molecule has 4 heteroatoms. The average Bonchev–Trinajstić information content (AvgIpc) is 2.25. The summed E-state index contributed by atoms with van der Waals surface area (Å²) in [6.07, 6.45) is 0. The molecule has 1 amide bonds. The zero-order valence-corrected chi connectivity index (χ0v) is 8.87. The molecule has 0 spiro atoms. The first kappa shape index (κ1) is 11.7. The zero-order chi connectivity index (χ0) is 11.3. The summed E-state index contributed by atoms with van der Waals surface area (Å²) in [5, 5.41) is 0. The number of nitrogens with zero attached hydrogens (tertiary/aromatic N) is 1. The van der Waals surface area contributed by atoms with Gasteiger partial charge in [-0.1, -0.05) is 12.1 Å². The Morgan fingerprint density at radius 3 is 2.73 bits per heavy atom. The maximum absolute atomic E-state index is 13.3. The van der Waals surface area contributed by atoms with Crippen LogP contribution in [0.4, 0.5) is 10.1 Å². The lowest BCUT2D eigenvalue weighted by Crippen LogP contribution is -2.30. The van der Waals surface area contributed by atoms with Crippen molar-refractivity contribution in [2.75, 3.05) is 25.2 Å². The van der Waals surface area contributed by atoms with Crippen molar-refractivity contribution < 1.29 is 13.9 Å². The number of amides is 1. The molecule has 0 atom stereocenters. The zero-order valence-electron chi connectivity index (χ0n) is 8.87. The lowest BCUT2D eigenvalue weighted by Gasteiger charge is -2.17. The van der Waals surface area contributed by atoms with Crippen molar-refractivity contribution in [3.05, 3.63) is 30.1 Å². The molecule has 1 rings (SSSR count). The Kier molecular flexibility index (Phi) is 4.24. The van der Waals surface area contributed by atoms with Crippen LogP contribution in [0.25, 0.3) is 0 Å². The average molecular weight is 211 g/mol. The monoisotopic (exact) mass is 211 g/mol. The van der Waals surface area contributed by atoms with E-state index in [1.54, 1.807) is 25.1 Å². The van der Waals surface area contributed by atoms with E-state index < -0.39 is 5.82 Å². The van der Waals surface area contributed by atoms with Gasteiger partial charge in [0.1, 0.15) is 12.4 Å². The fraction of sp³-hybridized carbons (Fsp3) is 0.364. The van der Waals surface area contributed by atoms with E-state index in [1.807, 2.05) is 0 Å². The van der Waals surface area contributed by atoms with E-state index in [4.69, 9.17) is 4.74 Å². The van der Waals surface area contributed by atoms with Gasteiger partial charge >= 0.3 is 0 Å². The second-order valence-corrected chi connectivity index (χ2v) is 3.04. The summed E-state index contributed by atoms with van der Waals surface area (Å²) < 4.78 is 18.3. The molecule has 3 nitrogen and oxygen atoms in total. The van der Waals surface area contributed by atoms with Crippen LogP contribution in [0.15, 0.2) is 24.3 Å². The smallest absolute Gasteiger partial charge is 0.252 e. The Labute approximate surface area is 88.5 Å². The minimum atomic E-state index is -0.412. The molecule has 0 fully saturated rings. The SMILES string of the molecule is CCOCC(=O)N(C)c1ccccc1F. The molecule has 0 aliphatic heterocycles. The molecule has 0 radical (unpaired) electrons. The van der Waals surface area contributed by atoms with Gasteiger partial charge in [-0.2, -0.15) is 0 Å². The van der Waals surface area contributed by atoms with Gasteiger partial charge in [-0.05, 0) is 19.1 Å². The fourth-order valence-electron chi connectivity index (χ4n) is 1.14. The van der Waals surface area contributed by atoms with E-state index in [0.29, 0.717) is 6.61 Å². The molecule has 0 saturated carbocycles. The number of halogens is 1. The van der Waals surface area contributed by atoms with Crippen LogP contribution < -0.4 is 4.90 Å². The quantitative estimate of drug-likeness (QED) is 0.760. The van der Waals surface area contributed by atoms with Crippen molar-refractivity contribution in [3.63, 3.8) is 0 Å². The Hall–Kier alpha value is -1.42. The van der Waals surface area contributed by atoms with Gasteiger partial charge in [0, 0.05) is 13.7 Å². The van der Waals surface area contributed by atoms with Crippen LogP contribution in [0, 0.1) is 5.82 Å². The molecule has 0 aliphatic rings. The number of hydrogen-bond donors (Lipinski definition) is 0. The van der Waals surface area contributed by atoms with Crippen molar-refractivity contribution in [1.29, 1.82) is 0 Å². The van der Waals surface area contributed by atoms with Crippen LogP contribution in [-0.4, -0.2) is 26.2 Å². The van der Waals surface area contributed by atoms with Gasteiger partial charge in [-0.15, -0.1) is 0 Å². The lowest BCUT2D eigenvalue weighted by atomic mass is 10.3. The predicted octanol–water partition coefficient (Wildman–Crippen LogP) is 1.83. The molecule has 82 valence electrons. The van der Waals surface area contributed by atoms with Crippen molar-refractivity contribution in [2.45, 2.75) is 6.92 Å². The van der Waals surface area contributed by atoms with Crippen LogP contribution in [0.1, 0.15) is 6.92 Å². The van der Waals surface area contributed by atoms with E-state index in [0.717, 1.165) is 0 Å². The van der Waals surface area contributed by atoms with Gasteiger partial charge < -0.3 is 9.64 Å². The highest BCUT2D eigenvalue weighted by molar-refractivity contribution is 5.93. The van der Waals surface area contributed by atoms with Crippen molar-refractivity contribution in [2.24, 2.45) is 0 Å². The van der Waals surface area contributed by atoms with E-state index in [9.17, 15) is 9.18 Å². The highest BCUT2D eigenvalue weighted by Crippen LogP contribution is 2.16. The first-order valence-corrected chi connectivity index (χ1v) is 4.75. The summed E-state index contributed by atoms with van der Waals surface area (Å²) in [5.74, 6) is -0.674. The molecular weight excluding hydrogens is 197 g/mol. The summed E-state index contributed by atoms with van der Waals surface area (Å²) in [6, 6.07) is 6.14. The predicted molar refractivity (Wildman–Crippen MR) is 56.3 cm³/mol. The van der Waals surface area contributed by atoms with Crippen molar-refractivity contribution in [1.82, 2.24) is 0 Å². The van der Waals surface area contributed by atoms with Crippen LogP contribution >= 0.6 is 0 Å². The van der Waals surface area contributed by atoms with Crippen LogP contribution in [-0.2, 0) is 9.53 Å². The largest absolute Gasteiger partial charge is 0.372 e. The summed E-state index contributed by atoms with van der Waals surface area (Å²) in [5.41, 5.74) is 0.266. The second-order valence-electron chi connectivity index (χ2n) is 3.04. The highest BCUT2D eigenvalue weighted by atomic mass is 19.1. The number of para-hydroxylation sites is 1. The molecular formula is C11H14FNO2. The Morgan fingerprint density at radius 2 is 2.13 bits per heavy atom. The van der Waals surface area contributed by atoms with Crippen LogP contribution in [0.3, 0.4) is 0 Å². The summed E-state index contributed by atoms with van der Waals surface area (Å²) in [4.78, 5) is 12.7. The molecule has 0 heterocycles. The van der Waals surface area contributed by atoms with Crippen molar-refractivity contribution >= 4 is 11.6 Å². The molecule has 0 bridgehead atoms.